The number of hydrogen-bond acceptors (Lipinski definition) is 1. The van der Waals surface area contributed by atoms with Crippen molar-refractivity contribution < 1.29 is 4.21 Å². The van der Waals surface area contributed by atoms with E-state index >= 15 is 0 Å². The van der Waals surface area contributed by atoms with Crippen LogP contribution in [-0.2, 0) is 9.23 Å². The molecule has 0 aliphatic carbocycles. The summed E-state index contributed by atoms with van der Waals surface area (Å²) in [4.78, 5) is 0. The Morgan fingerprint density at radius 3 is 1.33 bits per heavy atom. The Kier molecular flexibility index (Phi) is 26.6. The second kappa shape index (κ2) is 10.2. The van der Waals surface area contributed by atoms with Gasteiger partial charge < -0.3 is 0 Å². The molecule has 0 bridgehead atoms. The summed E-state index contributed by atoms with van der Waals surface area (Å²) in [5, 5.41) is 0. The molecule has 0 rings (SSSR count). The van der Waals surface area contributed by atoms with E-state index in [4.69, 9.17) is 4.21 Å². The third-order valence-electron chi connectivity index (χ3n) is 0. The Hall–Kier alpha value is 2.13. The number of halogens is 2. The van der Waals surface area contributed by atoms with Crippen molar-refractivity contribution in [2.45, 2.75) is 0 Å². The van der Waals surface area contributed by atoms with Gasteiger partial charge in [0, 0.05) is 64.1 Å². The Morgan fingerprint density at radius 1 is 1.33 bits per heavy atom. The SMILES string of the molecule is O=S(Cl)Cl.[Li].[Sn]. The molecule has 0 fully saturated rings. The maximum atomic E-state index is 9.09. The molecule has 0 atom stereocenters. The predicted molar refractivity (Wildman–Crippen MR) is 31.4 cm³/mol. The average molecular weight is 245 g/mol. The van der Waals surface area contributed by atoms with Gasteiger partial charge in [-0.1, -0.05) is 0 Å². The molecule has 0 aromatic carbocycles. The van der Waals surface area contributed by atoms with Crippen molar-refractivity contribution in [2.75, 3.05) is 0 Å². The first-order valence-electron chi connectivity index (χ1n) is 0.475. The summed E-state index contributed by atoms with van der Waals surface area (Å²) in [5.74, 6) is 0. The molecule has 5 radical (unpaired) electrons. The van der Waals surface area contributed by atoms with Gasteiger partial charge in [0.2, 0.25) is 9.23 Å². The Morgan fingerprint density at radius 2 is 1.33 bits per heavy atom. The van der Waals surface area contributed by atoms with Gasteiger partial charge in [-0.05, 0) is 0 Å². The maximum Gasteiger partial charge on any atom is 0.211 e. The zero-order chi connectivity index (χ0) is 3.58. The van der Waals surface area contributed by atoms with Crippen molar-refractivity contribution in [3.63, 3.8) is 0 Å². The zero-order valence-corrected chi connectivity index (χ0v) is 8.25. The van der Waals surface area contributed by atoms with Gasteiger partial charge in [-0.25, -0.2) is 4.21 Å². The van der Waals surface area contributed by atoms with Crippen LogP contribution in [-0.4, -0.2) is 47.0 Å². The molecule has 31 valence electrons. The van der Waals surface area contributed by atoms with Crippen molar-refractivity contribution in [3.8, 4) is 0 Å². The quantitative estimate of drug-likeness (QED) is 0.442. The minimum absolute atomic E-state index is 0. The first-order valence-corrected chi connectivity index (χ1v) is 3.28. The average Bonchev–Trinajstić information content (AvgIpc) is 0.811. The van der Waals surface area contributed by atoms with E-state index in [9.17, 15) is 0 Å². The van der Waals surface area contributed by atoms with Gasteiger partial charge in [0.25, 0.3) is 0 Å². The molecule has 0 amide bonds. The molecule has 0 unspecified atom stereocenters. The van der Waals surface area contributed by atoms with Gasteiger partial charge in [-0.3, -0.25) is 0 Å². The number of rotatable bonds is 0. The summed E-state index contributed by atoms with van der Waals surface area (Å²) in [7, 11) is 7.36. The number of hydrogen-bond donors (Lipinski definition) is 0. The van der Waals surface area contributed by atoms with Crippen LogP contribution in [0.4, 0.5) is 0 Å². The van der Waals surface area contributed by atoms with Crippen LogP contribution in [0.5, 0.6) is 0 Å². The topological polar surface area (TPSA) is 17.1 Å². The van der Waals surface area contributed by atoms with Crippen LogP contribution >= 0.6 is 21.4 Å². The Labute approximate surface area is 76.7 Å². The Bertz CT molecular complexity index is 36.5. The van der Waals surface area contributed by atoms with E-state index in [-0.39, 0.29) is 42.8 Å². The molecule has 0 aromatic rings. The van der Waals surface area contributed by atoms with E-state index in [2.05, 4.69) is 21.4 Å². The van der Waals surface area contributed by atoms with E-state index in [0.717, 1.165) is 0 Å². The monoisotopic (exact) mass is 245 g/mol. The van der Waals surface area contributed by atoms with Crippen molar-refractivity contribution in [2.24, 2.45) is 0 Å². The van der Waals surface area contributed by atoms with E-state index in [1.54, 1.807) is 0 Å². The van der Waals surface area contributed by atoms with E-state index < -0.39 is 9.23 Å². The predicted octanol–water partition coefficient (Wildman–Crippen LogP) is 0.281. The van der Waals surface area contributed by atoms with Crippen molar-refractivity contribution >= 4 is 73.4 Å². The van der Waals surface area contributed by atoms with Crippen LogP contribution in [0.2, 0.25) is 0 Å². The fourth-order valence-electron chi connectivity index (χ4n) is 0. The molecule has 0 aliphatic heterocycles. The summed E-state index contributed by atoms with van der Waals surface area (Å²) >= 11 is 0. The van der Waals surface area contributed by atoms with Gasteiger partial charge in [-0.2, -0.15) is 0 Å². The van der Waals surface area contributed by atoms with Crippen LogP contribution in [0.1, 0.15) is 0 Å². The molecule has 0 aliphatic rings. The molecular weight excluding hydrogens is 245 g/mol. The van der Waals surface area contributed by atoms with Crippen LogP contribution in [0.25, 0.3) is 0 Å². The van der Waals surface area contributed by atoms with E-state index in [1.165, 1.54) is 0 Å². The largest absolute Gasteiger partial charge is 0.225 e. The fraction of sp³-hybridized carbons (Fsp3) is 0. The molecule has 0 saturated heterocycles. The van der Waals surface area contributed by atoms with Crippen molar-refractivity contribution in [1.82, 2.24) is 0 Å². The third-order valence-corrected chi connectivity index (χ3v) is 0. The molecule has 0 heterocycles. The van der Waals surface area contributed by atoms with Crippen molar-refractivity contribution in [3.05, 3.63) is 0 Å². The normalized spacial score (nSPS) is 5.83. The van der Waals surface area contributed by atoms with Crippen LogP contribution in [0.15, 0.2) is 0 Å². The van der Waals surface area contributed by atoms with Crippen LogP contribution in [0, 0.1) is 0 Å². The van der Waals surface area contributed by atoms with Gasteiger partial charge in [-0.15, -0.1) is 0 Å². The van der Waals surface area contributed by atoms with Gasteiger partial charge in [0.15, 0.2) is 0 Å². The molecule has 0 N–H and O–H groups in total. The van der Waals surface area contributed by atoms with Crippen LogP contribution < -0.4 is 0 Å². The Balaban J connectivity index is -0.0000000450. The summed E-state index contributed by atoms with van der Waals surface area (Å²) < 4.78 is 9.09. The van der Waals surface area contributed by atoms with Crippen molar-refractivity contribution in [1.29, 1.82) is 0 Å². The minimum atomic E-state index is -1.67. The second-order valence-corrected chi connectivity index (χ2v) is 2.71. The van der Waals surface area contributed by atoms with Crippen LogP contribution in [0.3, 0.4) is 0 Å². The molecule has 6 heteroatoms. The van der Waals surface area contributed by atoms with Gasteiger partial charge in [0.05, 0.1) is 0 Å². The maximum absolute atomic E-state index is 9.09. The fourth-order valence-corrected chi connectivity index (χ4v) is 0. The second-order valence-electron chi connectivity index (χ2n) is 0.184. The molecule has 6 heavy (non-hydrogen) atoms. The summed E-state index contributed by atoms with van der Waals surface area (Å²) in [5.41, 5.74) is 0. The smallest absolute Gasteiger partial charge is 0.211 e. The first-order chi connectivity index (χ1) is 1.73. The summed E-state index contributed by atoms with van der Waals surface area (Å²) in [6.07, 6.45) is 0. The molecule has 0 spiro atoms. The molecule has 1 nitrogen and oxygen atoms in total. The van der Waals surface area contributed by atoms with E-state index in [0.29, 0.717) is 0 Å². The minimum Gasteiger partial charge on any atom is -0.225 e. The summed E-state index contributed by atoms with van der Waals surface area (Å²) in [6.45, 7) is 0. The van der Waals surface area contributed by atoms with Gasteiger partial charge in [0.1, 0.15) is 0 Å². The first kappa shape index (κ1) is 15.7. The zero-order valence-electron chi connectivity index (χ0n) is 3.07. The molecule has 0 saturated carbocycles. The summed E-state index contributed by atoms with van der Waals surface area (Å²) in [6, 6.07) is 0. The standard InChI is InChI=1S/Cl2OS.Li.Sn/c1-4(2)3;;. The van der Waals surface area contributed by atoms with Gasteiger partial charge >= 0.3 is 0 Å². The molecule has 0 aromatic heterocycles. The third kappa shape index (κ3) is 35.6. The van der Waals surface area contributed by atoms with E-state index in [1.807, 2.05) is 0 Å². The molecular formula is Cl2LiOSSn.